The molecule has 7 nitrogen and oxygen atoms in total. The van der Waals surface area contributed by atoms with Gasteiger partial charge in [0.1, 0.15) is 0 Å². The van der Waals surface area contributed by atoms with Gasteiger partial charge in [-0.05, 0) is 42.7 Å². The first kappa shape index (κ1) is 24.3. The Bertz CT molecular complexity index is 1110. The largest absolute Gasteiger partial charge is 0.342 e. The molecular formula is C25H29N5O2S. The van der Waals surface area contributed by atoms with Crippen LogP contribution < -0.4 is 10.6 Å². The van der Waals surface area contributed by atoms with Gasteiger partial charge >= 0.3 is 0 Å². The predicted octanol–water partition coefficient (Wildman–Crippen LogP) is 4.63. The van der Waals surface area contributed by atoms with Crippen molar-refractivity contribution in [1.29, 1.82) is 0 Å². The zero-order chi connectivity index (χ0) is 23.8. The highest BCUT2D eigenvalue weighted by Crippen LogP contribution is 2.26. The fourth-order valence-corrected chi connectivity index (χ4v) is 4.09. The third-order valence-corrected chi connectivity index (χ3v) is 5.93. The zero-order valence-corrected chi connectivity index (χ0v) is 19.9. The van der Waals surface area contributed by atoms with E-state index in [4.69, 9.17) is 0 Å². The molecule has 1 aromatic heterocycles. The van der Waals surface area contributed by atoms with Crippen molar-refractivity contribution in [3.63, 3.8) is 0 Å². The van der Waals surface area contributed by atoms with Crippen LogP contribution in [0.4, 0.5) is 5.69 Å². The smallest absolute Gasteiger partial charge is 0.251 e. The van der Waals surface area contributed by atoms with E-state index < -0.39 is 0 Å². The van der Waals surface area contributed by atoms with E-state index >= 15 is 0 Å². The molecule has 2 aromatic carbocycles. The lowest BCUT2D eigenvalue weighted by atomic mass is 10.0. The number of allylic oxidation sites excluding steroid dienone is 1. The first-order valence-electron chi connectivity index (χ1n) is 10.8. The van der Waals surface area contributed by atoms with Gasteiger partial charge in [-0.2, -0.15) is 0 Å². The van der Waals surface area contributed by atoms with Crippen LogP contribution in [0.25, 0.3) is 0 Å². The topological polar surface area (TPSA) is 88.9 Å². The van der Waals surface area contributed by atoms with Gasteiger partial charge in [0.15, 0.2) is 11.0 Å². The number of rotatable bonds is 10. The molecule has 0 bridgehead atoms. The van der Waals surface area contributed by atoms with Crippen molar-refractivity contribution >= 4 is 29.3 Å². The Labute approximate surface area is 198 Å². The Morgan fingerprint density at radius 2 is 1.88 bits per heavy atom. The second-order valence-corrected chi connectivity index (χ2v) is 8.95. The molecule has 0 aliphatic rings. The maximum absolute atomic E-state index is 12.8. The molecule has 1 atom stereocenters. The van der Waals surface area contributed by atoms with E-state index in [1.807, 2.05) is 67.8 Å². The fourth-order valence-electron chi connectivity index (χ4n) is 3.33. The second-order valence-electron chi connectivity index (χ2n) is 8.01. The van der Waals surface area contributed by atoms with Crippen LogP contribution in [0.3, 0.4) is 0 Å². The van der Waals surface area contributed by atoms with Crippen molar-refractivity contribution < 1.29 is 9.59 Å². The normalized spacial score (nSPS) is 11.8. The van der Waals surface area contributed by atoms with Gasteiger partial charge in [0, 0.05) is 17.8 Å². The molecule has 0 saturated carbocycles. The summed E-state index contributed by atoms with van der Waals surface area (Å²) in [4.78, 5) is 25.2. The van der Waals surface area contributed by atoms with Crippen molar-refractivity contribution in [2.45, 2.75) is 38.5 Å². The van der Waals surface area contributed by atoms with Crippen LogP contribution in [0.5, 0.6) is 0 Å². The maximum Gasteiger partial charge on any atom is 0.251 e. The number of nitrogens with one attached hydrogen (secondary N) is 2. The molecule has 0 unspecified atom stereocenters. The summed E-state index contributed by atoms with van der Waals surface area (Å²) in [5.74, 6) is 0.599. The van der Waals surface area contributed by atoms with Gasteiger partial charge in [0.05, 0.1) is 11.8 Å². The van der Waals surface area contributed by atoms with Gasteiger partial charge in [0.25, 0.3) is 5.91 Å². The molecule has 3 rings (SSSR count). The van der Waals surface area contributed by atoms with E-state index in [0.717, 1.165) is 11.3 Å². The van der Waals surface area contributed by atoms with Crippen LogP contribution in [0.1, 0.15) is 41.6 Å². The molecule has 1 heterocycles. The molecule has 0 fully saturated rings. The van der Waals surface area contributed by atoms with Gasteiger partial charge < -0.3 is 15.2 Å². The summed E-state index contributed by atoms with van der Waals surface area (Å²) in [7, 11) is 0. The highest BCUT2D eigenvalue weighted by Gasteiger charge is 2.26. The molecule has 0 aliphatic carbocycles. The predicted molar refractivity (Wildman–Crippen MR) is 132 cm³/mol. The van der Waals surface area contributed by atoms with Crippen molar-refractivity contribution in [2.75, 3.05) is 11.1 Å². The van der Waals surface area contributed by atoms with E-state index in [1.54, 1.807) is 18.2 Å². The molecule has 0 aliphatic heterocycles. The highest BCUT2D eigenvalue weighted by molar-refractivity contribution is 7.99. The van der Waals surface area contributed by atoms with Crippen molar-refractivity contribution in [3.8, 4) is 0 Å². The third kappa shape index (κ3) is 6.55. The van der Waals surface area contributed by atoms with E-state index in [2.05, 4.69) is 27.4 Å². The summed E-state index contributed by atoms with van der Waals surface area (Å²) in [6.45, 7) is 10.3. The number of hydrogen-bond acceptors (Lipinski definition) is 5. The summed E-state index contributed by atoms with van der Waals surface area (Å²) in [5.41, 5.74) is 2.42. The van der Waals surface area contributed by atoms with Crippen molar-refractivity contribution in [2.24, 2.45) is 5.92 Å². The minimum atomic E-state index is -0.347. The van der Waals surface area contributed by atoms with Gasteiger partial charge in [-0.3, -0.25) is 9.59 Å². The van der Waals surface area contributed by atoms with Crippen molar-refractivity contribution in [1.82, 2.24) is 20.1 Å². The number of thioether (sulfide) groups is 1. The number of carbonyl (C=O) groups excluding carboxylic acids is 2. The summed E-state index contributed by atoms with van der Waals surface area (Å²) in [5, 5.41) is 15.3. The van der Waals surface area contributed by atoms with Crippen LogP contribution in [0.15, 0.2) is 72.4 Å². The Kier molecular flexibility index (Phi) is 8.43. The first-order valence-corrected chi connectivity index (χ1v) is 11.8. The molecule has 0 radical (unpaired) electrons. The average molecular weight is 464 g/mol. The van der Waals surface area contributed by atoms with Crippen LogP contribution in [0.2, 0.25) is 0 Å². The number of benzene rings is 2. The number of carbonyl (C=O) groups is 2. The first-order chi connectivity index (χ1) is 15.9. The Balaban J connectivity index is 1.74. The summed E-state index contributed by atoms with van der Waals surface area (Å²) in [6, 6.07) is 16.4. The Morgan fingerprint density at radius 1 is 1.12 bits per heavy atom. The number of amides is 2. The Hall–Kier alpha value is -3.39. The molecule has 0 spiro atoms. The summed E-state index contributed by atoms with van der Waals surface area (Å²) < 4.78 is 1.90. The number of aryl methyl sites for hydroxylation is 1. The molecular weight excluding hydrogens is 434 g/mol. The number of aromatic nitrogens is 3. The average Bonchev–Trinajstić information content (AvgIpc) is 3.18. The highest BCUT2D eigenvalue weighted by atomic mass is 32.2. The second kappa shape index (κ2) is 11.5. The van der Waals surface area contributed by atoms with E-state index in [0.29, 0.717) is 23.1 Å². The minimum absolute atomic E-state index is 0.0768. The fraction of sp³-hybridized carbons (Fsp3) is 0.280. The third-order valence-electron chi connectivity index (χ3n) is 4.96. The number of anilines is 1. The van der Waals surface area contributed by atoms with Gasteiger partial charge in [-0.25, -0.2) is 0 Å². The lowest BCUT2D eigenvalue weighted by molar-refractivity contribution is -0.113. The molecule has 8 heteroatoms. The van der Waals surface area contributed by atoms with Crippen LogP contribution >= 0.6 is 11.8 Å². The minimum Gasteiger partial charge on any atom is -0.342 e. The number of nitrogens with zero attached hydrogens (tertiary/aromatic N) is 3. The van der Waals surface area contributed by atoms with Crippen LogP contribution in [0, 0.1) is 12.8 Å². The van der Waals surface area contributed by atoms with E-state index in [9.17, 15) is 9.59 Å². The van der Waals surface area contributed by atoms with Crippen LogP contribution in [-0.2, 0) is 11.3 Å². The zero-order valence-electron chi connectivity index (χ0n) is 19.1. The molecule has 33 heavy (non-hydrogen) atoms. The standard InChI is InChI=1S/C25H29N5O2S/c1-5-14-30-23(22(17(2)3)27-24(32)19-11-7-6-8-12-19)28-29-25(30)33-16-21(31)26-20-13-9-10-18(4)15-20/h5-13,15,17,22H,1,14,16H2,2-4H3,(H,26,31)(H,27,32)/t22-/m1/s1. The molecule has 2 N–H and O–H groups in total. The summed E-state index contributed by atoms with van der Waals surface area (Å²) >= 11 is 1.30. The Morgan fingerprint density at radius 3 is 2.55 bits per heavy atom. The molecule has 3 aromatic rings. The summed E-state index contributed by atoms with van der Waals surface area (Å²) in [6.07, 6.45) is 1.75. The lowest BCUT2D eigenvalue weighted by Crippen LogP contribution is -2.33. The SMILES string of the molecule is C=CCn1c(SCC(=O)Nc2cccc(C)c2)nnc1[C@H](NC(=O)c1ccccc1)C(C)C. The van der Waals surface area contributed by atoms with E-state index in [-0.39, 0.29) is 29.5 Å². The van der Waals surface area contributed by atoms with E-state index in [1.165, 1.54) is 11.8 Å². The molecule has 2 amide bonds. The van der Waals surface area contributed by atoms with Gasteiger partial charge in [0.2, 0.25) is 5.91 Å². The molecule has 0 saturated heterocycles. The molecule has 172 valence electrons. The lowest BCUT2D eigenvalue weighted by Gasteiger charge is -2.22. The monoisotopic (exact) mass is 463 g/mol. The van der Waals surface area contributed by atoms with Crippen molar-refractivity contribution in [3.05, 3.63) is 84.2 Å². The van der Waals surface area contributed by atoms with Gasteiger partial charge in [-0.1, -0.05) is 62.0 Å². The maximum atomic E-state index is 12.8. The van der Waals surface area contributed by atoms with Gasteiger partial charge in [-0.15, -0.1) is 16.8 Å². The van der Waals surface area contributed by atoms with Crippen LogP contribution in [-0.4, -0.2) is 32.3 Å². The quantitative estimate of drug-likeness (QED) is 0.338. The number of hydrogen-bond donors (Lipinski definition) is 2.